The van der Waals surface area contributed by atoms with Crippen molar-refractivity contribution >= 4 is 41.2 Å². The van der Waals surface area contributed by atoms with E-state index in [9.17, 15) is 19.7 Å². The van der Waals surface area contributed by atoms with E-state index in [0.717, 1.165) is 17.7 Å². The number of nitrogens with zero attached hydrogens (tertiary/aromatic N) is 3. The number of benzene rings is 2. The van der Waals surface area contributed by atoms with E-state index in [0.29, 0.717) is 22.7 Å². The predicted octanol–water partition coefficient (Wildman–Crippen LogP) is 6.58. The summed E-state index contributed by atoms with van der Waals surface area (Å²) < 4.78 is 10.9. The summed E-state index contributed by atoms with van der Waals surface area (Å²) in [6.07, 6.45) is 8.61. The molecule has 0 bridgehead atoms. The van der Waals surface area contributed by atoms with Crippen LogP contribution in [-0.4, -0.2) is 52.3 Å². The summed E-state index contributed by atoms with van der Waals surface area (Å²) in [7, 11) is 0. The lowest BCUT2D eigenvalue weighted by Crippen LogP contribution is -2.36. The van der Waals surface area contributed by atoms with Crippen LogP contribution in [-0.2, 0) is 25.5 Å². The third-order valence-electron chi connectivity index (χ3n) is 7.12. The molecule has 0 N–H and O–H groups in total. The molecule has 3 aromatic rings. The number of pyridine rings is 1. The molecule has 0 fully saturated rings. The maximum atomic E-state index is 13.4. The van der Waals surface area contributed by atoms with E-state index >= 15 is 0 Å². The Morgan fingerprint density at radius 2 is 1.84 bits per heavy atom. The first-order valence-corrected chi connectivity index (χ1v) is 15.5. The number of carbonyl (C=O) groups excluding carboxylic acids is 2. The van der Waals surface area contributed by atoms with Crippen LogP contribution in [0.25, 0.3) is 6.08 Å². The van der Waals surface area contributed by atoms with Gasteiger partial charge in [-0.05, 0) is 55.5 Å². The Morgan fingerprint density at radius 3 is 2.55 bits per heavy atom. The first kappa shape index (κ1) is 32.3. The Labute approximate surface area is 261 Å². The molecular weight excluding hydrogens is 578 g/mol. The number of nitro benzene ring substituents is 1. The second kappa shape index (κ2) is 15.8. The summed E-state index contributed by atoms with van der Waals surface area (Å²) in [6, 6.07) is 18.3. The number of nitro groups is 1. The highest BCUT2D eigenvalue weighted by molar-refractivity contribution is 7.99. The fourth-order valence-electron chi connectivity index (χ4n) is 5.12. The number of carbonyl (C=O) groups is 2. The van der Waals surface area contributed by atoms with Crippen LogP contribution < -0.4 is 0 Å². The summed E-state index contributed by atoms with van der Waals surface area (Å²) in [4.78, 5) is 46.0. The second-order valence-electron chi connectivity index (χ2n) is 10.2. The van der Waals surface area contributed by atoms with Gasteiger partial charge in [0.15, 0.2) is 0 Å². The molecule has 1 aliphatic heterocycles. The minimum absolute atomic E-state index is 0.138. The largest absolute Gasteiger partial charge is 0.465 e. The van der Waals surface area contributed by atoms with Crippen molar-refractivity contribution in [2.45, 2.75) is 33.1 Å². The Balaban J connectivity index is 1.35. The van der Waals surface area contributed by atoms with E-state index in [1.807, 2.05) is 12.3 Å². The van der Waals surface area contributed by atoms with Gasteiger partial charge < -0.3 is 9.47 Å². The van der Waals surface area contributed by atoms with Crippen LogP contribution in [0.3, 0.4) is 0 Å². The molecule has 0 radical (unpaired) electrons. The lowest BCUT2D eigenvalue weighted by Gasteiger charge is -2.31. The first-order chi connectivity index (χ1) is 21.3. The molecule has 2 aromatic carbocycles. The van der Waals surface area contributed by atoms with E-state index in [1.165, 1.54) is 29.3 Å². The van der Waals surface area contributed by atoms with Crippen molar-refractivity contribution in [3.8, 4) is 0 Å². The standard InChI is InChI=1S/C34H35N3O6S/c1-4-42-33(38)30-23(2)36-24(3)31(32(30)28-10-5-11-29(21-28)37(40)41)34(39)43-17-19-44-18-7-9-25-12-14-26(15-13-25)20-27-8-6-16-35-22-27/h5-16,21-22,30,32H,4,17-20H2,1-3H3. The molecule has 2 heterocycles. The van der Waals surface area contributed by atoms with Gasteiger partial charge >= 0.3 is 11.9 Å². The van der Waals surface area contributed by atoms with Crippen LogP contribution in [0.2, 0.25) is 0 Å². The van der Waals surface area contributed by atoms with Crippen LogP contribution >= 0.6 is 11.8 Å². The monoisotopic (exact) mass is 613 g/mol. The van der Waals surface area contributed by atoms with Gasteiger partial charge in [-0.3, -0.25) is 24.9 Å². The van der Waals surface area contributed by atoms with E-state index in [-0.39, 0.29) is 24.5 Å². The number of thioether (sulfide) groups is 1. The van der Waals surface area contributed by atoms with Crippen LogP contribution in [0.4, 0.5) is 5.69 Å². The van der Waals surface area contributed by atoms with Crippen molar-refractivity contribution in [3.63, 3.8) is 0 Å². The van der Waals surface area contributed by atoms with Crippen molar-refractivity contribution in [2.24, 2.45) is 10.9 Å². The van der Waals surface area contributed by atoms with Gasteiger partial charge in [-0.25, -0.2) is 4.79 Å². The highest BCUT2D eigenvalue weighted by atomic mass is 32.2. The van der Waals surface area contributed by atoms with E-state index < -0.39 is 28.7 Å². The van der Waals surface area contributed by atoms with Gasteiger partial charge in [0.1, 0.15) is 12.5 Å². The van der Waals surface area contributed by atoms with E-state index in [2.05, 4.69) is 52.5 Å². The predicted molar refractivity (Wildman–Crippen MR) is 173 cm³/mol. The molecule has 0 saturated carbocycles. The van der Waals surface area contributed by atoms with Gasteiger partial charge in [-0.1, -0.05) is 54.6 Å². The maximum Gasteiger partial charge on any atom is 0.336 e. The normalized spacial score (nSPS) is 16.5. The second-order valence-corrected chi connectivity index (χ2v) is 11.4. The molecule has 2 atom stereocenters. The Kier molecular flexibility index (Phi) is 11.6. The molecule has 1 aliphatic rings. The summed E-state index contributed by atoms with van der Waals surface area (Å²) in [6.45, 7) is 5.37. The molecule has 2 unspecified atom stereocenters. The zero-order valence-corrected chi connectivity index (χ0v) is 25.8. The summed E-state index contributed by atoms with van der Waals surface area (Å²) in [5, 5.41) is 11.5. The number of aliphatic imine (C=N–C) groups is 1. The fraction of sp³-hybridized carbons (Fsp3) is 0.294. The molecule has 0 spiro atoms. The van der Waals surface area contributed by atoms with Crippen molar-refractivity contribution in [3.05, 3.63) is 123 Å². The van der Waals surface area contributed by atoms with Crippen molar-refractivity contribution in [2.75, 3.05) is 24.7 Å². The van der Waals surface area contributed by atoms with Crippen molar-refractivity contribution in [1.29, 1.82) is 0 Å². The molecule has 10 heteroatoms. The topological polar surface area (TPSA) is 121 Å². The molecule has 0 amide bonds. The van der Waals surface area contributed by atoms with Crippen LogP contribution in [0.5, 0.6) is 0 Å². The maximum absolute atomic E-state index is 13.4. The molecule has 0 saturated heterocycles. The molecule has 1 aromatic heterocycles. The Morgan fingerprint density at radius 1 is 1.05 bits per heavy atom. The number of allylic oxidation sites excluding steroid dienone is 1. The SMILES string of the molecule is CCOC(=O)C1C(C)=NC(C)=C(C(=O)OCCSCC=Cc2ccc(Cc3cccnc3)cc2)C1c1cccc([N+](=O)[O-])c1. The van der Waals surface area contributed by atoms with Gasteiger partial charge in [-0.2, -0.15) is 11.8 Å². The molecule has 228 valence electrons. The lowest BCUT2D eigenvalue weighted by atomic mass is 9.75. The summed E-state index contributed by atoms with van der Waals surface area (Å²) >= 11 is 1.62. The number of aromatic nitrogens is 1. The first-order valence-electron chi connectivity index (χ1n) is 14.3. The van der Waals surface area contributed by atoms with E-state index in [4.69, 9.17) is 9.47 Å². The van der Waals surface area contributed by atoms with Crippen LogP contribution in [0.1, 0.15) is 48.9 Å². The van der Waals surface area contributed by atoms with Gasteiger partial charge in [0.2, 0.25) is 0 Å². The molecule has 44 heavy (non-hydrogen) atoms. The average molecular weight is 614 g/mol. The number of non-ortho nitro benzene ring substituents is 1. The lowest BCUT2D eigenvalue weighted by molar-refractivity contribution is -0.384. The quantitative estimate of drug-likeness (QED) is 0.0917. The number of hydrogen-bond acceptors (Lipinski definition) is 9. The third kappa shape index (κ3) is 8.50. The Hall–Kier alpha value is -4.57. The van der Waals surface area contributed by atoms with Crippen molar-refractivity contribution < 1.29 is 24.0 Å². The minimum Gasteiger partial charge on any atom is -0.465 e. The average Bonchev–Trinajstić information content (AvgIpc) is 3.01. The van der Waals surface area contributed by atoms with Gasteiger partial charge in [0.05, 0.1) is 17.1 Å². The summed E-state index contributed by atoms with van der Waals surface area (Å²) in [5.74, 6) is -1.59. The zero-order valence-electron chi connectivity index (χ0n) is 25.0. The van der Waals surface area contributed by atoms with Crippen LogP contribution in [0.15, 0.2) is 95.4 Å². The molecule has 0 aliphatic carbocycles. The Bertz CT molecular complexity index is 1570. The number of hydrogen-bond donors (Lipinski definition) is 0. The van der Waals surface area contributed by atoms with Gasteiger partial charge in [-0.15, -0.1) is 0 Å². The molecule has 9 nitrogen and oxygen atoms in total. The fourth-order valence-corrected chi connectivity index (χ4v) is 5.72. The summed E-state index contributed by atoms with van der Waals surface area (Å²) in [5.41, 5.74) is 4.88. The number of rotatable bonds is 13. The van der Waals surface area contributed by atoms with E-state index in [1.54, 1.807) is 44.8 Å². The molecule has 4 rings (SSSR count). The van der Waals surface area contributed by atoms with Gasteiger partial charge in [0.25, 0.3) is 5.69 Å². The number of esters is 2. The minimum atomic E-state index is -0.910. The highest BCUT2D eigenvalue weighted by Crippen LogP contribution is 2.41. The zero-order chi connectivity index (χ0) is 31.5. The highest BCUT2D eigenvalue weighted by Gasteiger charge is 2.42. The van der Waals surface area contributed by atoms with Crippen LogP contribution in [0, 0.1) is 16.0 Å². The van der Waals surface area contributed by atoms with Gasteiger partial charge in [0, 0.05) is 53.4 Å². The smallest absolute Gasteiger partial charge is 0.336 e. The number of ether oxygens (including phenoxy) is 2. The molecular formula is C34H35N3O6S. The van der Waals surface area contributed by atoms with Crippen molar-refractivity contribution in [1.82, 2.24) is 4.98 Å². The third-order valence-corrected chi connectivity index (χ3v) is 8.01.